The molecule has 18 heavy (non-hydrogen) atoms. The number of pyridine rings is 1. The van der Waals surface area contributed by atoms with Crippen LogP contribution in [0.2, 0.25) is 0 Å². The Morgan fingerprint density at radius 3 is 2.67 bits per heavy atom. The van der Waals surface area contributed by atoms with Crippen molar-refractivity contribution in [3.63, 3.8) is 0 Å². The van der Waals surface area contributed by atoms with Gasteiger partial charge in [0.2, 0.25) is 0 Å². The fraction of sp³-hybridized carbons (Fsp3) is 0. The van der Waals surface area contributed by atoms with Crippen LogP contribution in [0.5, 0.6) is 0 Å². The molecule has 1 aromatic carbocycles. The zero-order valence-electron chi connectivity index (χ0n) is 8.93. The molecule has 0 atom stereocenters. The second-order valence-electron chi connectivity index (χ2n) is 3.36. The third kappa shape index (κ3) is 2.84. The molecule has 0 bridgehead atoms. The monoisotopic (exact) mass is 267 g/mol. The molecule has 3 nitrogen and oxygen atoms in total. The summed E-state index contributed by atoms with van der Waals surface area (Å²) in [6.07, 6.45) is 1.33. The van der Waals surface area contributed by atoms with Gasteiger partial charge in [0.1, 0.15) is 17.3 Å². The van der Waals surface area contributed by atoms with Gasteiger partial charge >= 0.3 is 5.97 Å². The third-order valence-electron chi connectivity index (χ3n) is 2.07. The molecule has 0 radical (unpaired) electrons. The van der Waals surface area contributed by atoms with Crippen LogP contribution in [-0.4, -0.2) is 16.1 Å². The van der Waals surface area contributed by atoms with Crippen LogP contribution in [0.25, 0.3) is 0 Å². The highest BCUT2D eigenvalue weighted by molar-refractivity contribution is 7.99. The second kappa shape index (κ2) is 5.14. The summed E-state index contributed by atoms with van der Waals surface area (Å²) < 4.78 is 26.1. The summed E-state index contributed by atoms with van der Waals surface area (Å²) in [5.74, 6) is -2.50. The maximum atomic E-state index is 13.4. The van der Waals surface area contributed by atoms with Gasteiger partial charge in [-0.15, -0.1) is 0 Å². The van der Waals surface area contributed by atoms with E-state index < -0.39 is 17.6 Å². The maximum Gasteiger partial charge on any atom is 0.354 e. The van der Waals surface area contributed by atoms with Crippen LogP contribution in [0, 0.1) is 11.6 Å². The molecule has 0 amide bonds. The molecule has 0 fully saturated rings. The largest absolute Gasteiger partial charge is 0.477 e. The van der Waals surface area contributed by atoms with E-state index in [0.29, 0.717) is 4.90 Å². The molecule has 6 heteroatoms. The van der Waals surface area contributed by atoms with Crippen LogP contribution in [-0.2, 0) is 0 Å². The van der Waals surface area contributed by atoms with Crippen molar-refractivity contribution in [3.05, 3.63) is 53.9 Å². The summed E-state index contributed by atoms with van der Waals surface area (Å²) in [6, 6.07) is 6.11. The van der Waals surface area contributed by atoms with Crippen LogP contribution >= 0.6 is 11.8 Å². The third-order valence-corrected chi connectivity index (χ3v) is 3.11. The Hall–Kier alpha value is -1.95. The number of benzene rings is 1. The number of halogens is 2. The Kier molecular flexibility index (Phi) is 3.57. The van der Waals surface area contributed by atoms with Crippen LogP contribution in [0.3, 0.4) is 0 Å². The van der Waals surface area contributed by atoms with E-state index in [4.69, 9.17) is 5.11 Å². The SMILES string of the molecule is O=C(O)c1cc(Sc2ccc(F)cc2F)ccn1. The van der Waals surface area contributed by atoms with Gasteiger partial charge in [-0.05, 0) is 24.3 Å². The lowest BCUT2D eigenvalue weighted by atomic mass is 10.3. The summed E-state index contributed by atoms with van der Waals surface area (Å²) in [4.78, 5) is 15.1. The first-order valence-electron chi connectivity index (χ1n) is 4.88. The molecule has 0 saturated carbocycles. The average molecular weight is 267 g/mol. The van der Waals surface area contributed by atoms with Crippen molar-refractivity contribution < 1.29 is 18.7 Å². The molecule has 0 saturated heterocycles. The summed E-state index contributed by atoms with van der Waals surface area (Å²) >= 11 is 1.01. The van der Waals surface area contributed by atoms with Gasteiger partial charge in [0.05, 0.1) is 0 Å². The Balaban J connectivity index is 2.28. The van der Waals surface area contributed by atoms with Gasteiger partial charge in [0, 0.05) is 22.1 Å². The Labute approximate surface area is 105 Å². The van der Waals surface area contributed by atoms with Crippen molar-refractivity contribution in [3.8, 4) is 0 Å². The van der Waals surface area contributed by atoms with E-state index in [1.807, 2.05) is 0 Å². The first-order chi connectivity index (χ1) is 8.56. The highest BCUT2D eigenvalue weighted by atomic mass is 32.2. The number of aromatic nitrogens is 1. The van der Waals surface area contributed by atoms with E-state index in [0.717, 1.165) is 23.9 Å². The van der Waals surface area contributed by atoms with Gasteiger partial charge < -0.3 is 5.11 Å². The Bertz CT molecular complexity index is 604. The van der Waals surface area contributed by atoms with Crippen molar-refractivity contribution in [2.75, 3.05) is 0 Å². The van der Waals surface area contributed by atoms with Gasteiger partial charge in [0.25, 0.3) is 0 Å². The predicted octanol–water partition coefficient (Wildman–Crippen LogP) is 3.21. The van der Waals surface area contributed by atoms with Crippen LogP contribution in [0.15, 0.2) is 46.3 Å². The average Bonchev–Trinajstić information content (AvgIpc) is 2.33. The molecule has 0 unspecified atom stereocenters. The summed E-state index contributed by atoms with van der Waals surface area (Å²) in [5.41, 5.74) is -0.123. The number of hydrogen-bond acceptors (Lipinski definition) is 3. The number of hydrogen-bond donors (Lipinski definition) is 1. The van der Waals surface area contributed by atoms with Crippen molar-refractivity contribution >= 4 is 17.7 Å². The first-order valence-corrected chi connectivity index (χ1v) is 5.70. The quantitative estimate of drug-likeness (QED) is 0.927. The molecule has 92 valence electrons. The van der Waals surface area contributed by atoms with E-state index in [2.05, 4.69) is 4.98 Å². The molecule has 2 aromatic rings. The van der Waals surface area contributed by atoms with E-state index in [1.165, 1.54) is 18.3 Å². The Morgan fingerprint density at radius 1 is 1.22 bits per heavy atom. The second-order valence-corrected chi connectivity index (χ2v) is 4.47. The first kappa shape index (κ1) is 12.5. The minimum absolute atomic E-state index is 0.123. The number of aromatic carboxylic acids is 1. The number of carboxylic acid groups (broad SMARTS) is 1. The lowest BCUT2D eigenvalue weighted by molar-refractivity contribution is 0.0690. The highest BCUT2D eigenvalue weighted by Gasteiger charge is 2.09. The van der Waals surface area contributed by atoms with Gasteiger partial charge in [0.15, 0.2) is 0 Å². The minimum atomic E-state index is -1.16. The van der Waals surface area contributed by atoms with E-state index in [1.54, 1.807) is 6.07 Å². The smallest absolute Gasteiger partial charge is 0.354 e. The molecular weight excluding hydrogens is 260 g/mol. The molecule has 0 aliphatic rings. The number of nitrogens with zero attached hydrogens (tertiary/aromatic N) is 1. The highest BCUT2D eigenvalue weighted by Crippen LogP contribution is 2.30. The van der Waals surface area contributed by atoms with Crippen molar-refractivity contribution in [2.45, 2.75) is 9.79 Å². The molecule has 1 N–H and O–H groups in total. The fourth-order valence-electron chi connectivity index (χ4n) is 1.28. The van der Waals surface area contributed by atoms with Gasteiger partial charge in [-0.3, -0.25) is 0 Å². The number of rotatable bonds is 3. The van der Waals surface area contributed by atoms with Gasteiger partial charge in [-0.1, -0.05) is 11.8 Å². The van der Waals surface area contributed by atoms with E-state index >= 15 is 0 Å². The molecule has 0 aliphatic carbocycles. The minimum Gasteiger partial charge on any atom is -0.477 e. The van der Waals surface area contributed by atoms with Crippen molar-refractivity contribution in [1.29, 1.82) is 0 Å². The standard InChI is InChI=1S/C12H7F2NO2S/c13-7-1-2-11(9(14)5-7)18-8-3-4-15-10(6-8)12(16)17/h1-6H,(H,16,17). The predicted molar refractivity (Wildman–Crippen MR) is 61.7 cm³/mol. The zero-order valence-corrected chi connectivity index (χ0v) is 9.75. The molecular formula is C12H7F2NO2S. The normalized spacial score (nSPS) is 10.3. The molecule has 1 aromatic heterocycles. The summed E-state index contributed by atoms with van der Waals surface area (Å²) in [5, 5.41) is 8.77. The van der Waals surface area contributed by atoms with Gasteiger partial charge in [-0.25, -0.2) is 18.6 Å². The Morgan fingerprint density at radius 2 is 2.00 bits per heavy atom. The van der Waals surface area contributed by atoms with Crippen LogP contribution in [0.4, 0.5) is 8.78 Å². The molecule has 0 aliphatic heterocycles. The van der Waals surface area contributed by atoms with Crippen LogP contribution < -0.4 is 0 Å². The van der Waals surface area contributed by atoms with Gasteiger partial charge in [-0.2, -0.15) is 0 Å². The van der Waals surface area contributed by atoms with Crippen LogP contribution in [0.1, 0.15) is 10.5 Å². The lowest BCUT2D eigenvalue weighted by Crippen LogP contribution is -1.99. The molecule has 2 rings (SSSR count). The summed E-state index contributed by atoms with van der Waals surface area (Å²) in [7, 11) is 0. The summed E-state index contributed by atoms with van der Waals surface area (Å²) in [6.45, 7) is 0. The zero-order chi connectivity index (χ0) is 13.1. The van der Waals surface area contributed by atoms with Crippen molar-refractivity contribution in [2.24, 2.45) is 0 Å². The maximum absolute atomic E-state index is 13.4. The molecule has 1 heterocycles. The van der Waals surface area contributed by atoms with E-state index in [-0.39, 0.29) is 10.6 Å². The van der Waals surface area contributed by atoms with Crippen molar-refractivity contribution in [1.82, 2.24) is 4.98 Å². The lowest BCUT2D eigenvalue weighted by Gasteiger charge is -2.03. The molecule has 0 spiro atoms. The number of carbonyl (C=O) groups is 1. The number of carboxylic acids is 1. The van der Waals surface area contributed by atoms with E-state index in [9.17, 15) is 13.6 Å². The topological polar surface area (TPSA) is 50.2 Å². The fourth-order valence-corrected chi connectivity index (χ4v) is 2.12.